The van der Waals surface area contributed by atoms with Gasteiger partial charge >= 0.3 is 5.97 Å². The molecule has 1 atom stereocenters. The fraction of sp³-hybridized carbons (Fsp3) is 0.429. The van der Waals surface area contributed by atoms with Crippen LogP contribution in [0, 0.1) is 5.92 Å². The van der Waals surface area contributed by atoms with Crippen LogP contribution >= 0.6 is 12.2 Å². The molecule has 1 aliphatic heterocycles. The molecule has 1 N–H and O–H groups in total. The van der Waals surface area contributed by atoms with Crippen molar-refractivity contribution < 1.29 is 19.4 Å². The van der Waals surface area contributed by atoms with Crippen molar-refractivity contribution in [2.24, 2.45) is 5.92 Å². The summed E-state index contributed by atoms with van der Waals surface area (Å²) in [6, 6.07) is 5.30. The second-order valence-corrected chi connectivity index (χ2v) is 5.35. The van der Waals surface area contributed by atoms with E-state index in [1.165, 1.54) is 0 Å². The van der Waals surface area contributed by atoms with E-state index in [1.54, 1.807) is 30.2 Å². The van der Waals surface area contributed by atoms with Crippen molar-refractivity contribution in [3.8, 4) is 11.5 Å². The van der Waals surface area contributed by atoms with E-state index in [4.69, 9.17) is 26.8 Å². The van der Waals surface area contributed by atoms with Gasteiger partial charge in [0.1, 0.15) is 23.0 Å². The zero-order valence-corrected chi connectivity index (χ0v) is 12.4. The minimum absolute atomic E-state index is 0.161. The number of fused-ring (bicyclic) bond motifs is 1. The quantitative estimate of drug-likeness (QED) is 0.860. The van der Waals surface area contributed by atoms with Crippen LogP contribution in [0.15, 0.2) is 18.2 Å². The van der Waals surface area contributed by atoms with Crippen molar-refractivity contribution in [3.63, 3.8) is 0 Å². The van der Waals surface area contributed by atoms with E-state index in [9.17, 15) is 4.79 Å². The number of anilines is 1. The van der Waals surface area contributed by atoms with Gasteiger partial charge in [-0.1, -0.05) is 26.1 Å². The van der Waals surface area contributed by atoms with E-state index in [0.29, 0.717) is 22.2 Å². The summed E-state index contributed by atoms with van der Waals surface area (Å²) in [5.74, 6) is 0.479. The van der Waals surface area contributed by atoms with Gasteiger partial charge in [0.15, 0.2) is 6.10 Å². The first-order valence-electron chi connectivity index (χ1n) is 6.32. The highest BCUT2D eigenvalue weighted by Gasteiger charge is 2.34. The summed E-state index contributed by atoms with van der Waals surface area (Å²) >= 11 is 5.40. The molecule has 1 aromatic rings. The van der Waals surface area contributed by atoms with Crippen LogP contribution in [0.2, 0.25) is 0 Å². The lowest BCUT2D eigenvalue weighted by Gasteiger charge is -2.37. The van der Waals surface area contributed by atoms with E-state index >= 15 is 0 Å². The monoisotopic (exact) mass is 295 g/mol. The Morgan fingerprint density at radius 2 is 2.25 bits per heavy atom. The SMILES string of the molecule is COc1ccc2c(c1)N(CC(=O)O)C(=S)C(C(C)C)O2. The van der Waals surface area contributed by atoms with Gasteiger partial charge in [0, 0.05) is 6.07 Å². The van der Waals surface area contributed by atoms with Crippen LogP contribution in [-0.4, -0.2) is 35.8 Å². The molecule has 6 heteroatoms. The number of thiocarbonyl (C=S) groups is 1. The second kappa shape index (κ2) is 5.66. The average Bonchev–Trinajstić information content (AvgIpc) is 2.40. The maximum absolute atomic E-state index is 11.1. The van der Waals surface area contributed by atoms with E-state index in [2.05, 4.69) is 0 Å². The molecule has 20 heavy (non-hydrogen) atoms. The van der Waals surface area contributed by atoms with Crippen molar-refractivity contribution in [1.29, 1.82) is 0 Å². The molecule has 0 amide bonds. The lowest BCUT2D eigenvalue weighted by Crippen LogP contribution is -2.49. The minimum Gasteiger partial charge on any atom is -0.497 e. The third-order valence-corrected chi connectivity index (χ3v) is 3.57. The predicted molar refractivity (Wildman–Crippen MR) is 79.8 cm³/mol. The van der Waals surface area contributed by atoms with E-state index in [0.717, 1.165) is 0 Å². The molecule has 1 aromatic carbocycles. The lowest BCUT2D eigenvalue weighted by atomic mass is 10.0. The van der Waals surface area contributed by atoms with Crippen LogP contribution in [-0.2, 0) is 4.79 Å². The number of nitrogens with zero attached hydrogens (tertiary/aromatic N) is 1. The summed E-state index contributed by atoms with van der Waals surface area (Å²) in [4.78, 5) is 13.2. The first-order valence-corrected chi connectivity index (χ1v) is 6.72. The molecule has 0 aliphatic carbocycles. The second-order valence-electron chi connectivity index (χ2n) is 4.93. The molecule has 0 saturated carbocycles. The number of methoxy groups -OCH3 is 1. The van der Waals surface area contributed by atoms with Crippen molar-refractivity contribution in [2.75, 3.05) is 18.6 Å². The van der Waals surface area contributed by atoms with Gasteiger partial charge in [-0.2, -0.15) is 0 Å². The molecule has 5 nitrogen and oxygen atoms in total. The Bertz CT molecular complexity index is 544. The normalized spacial score (nSPS) is 17.7. The standard InChI is InChI=1S/C14H17NO4S/c1-8(2)13-14(20)15(7-12(16)17)10-6-9(18-3)4-5-11(10)19-13/h4-6,8,13H,7H2,1-3H3,(H,16,17). The molecular formula is C14H17NO4S. The Labute approximate surface area is 123 Å². The number of carbonyl (C=O) groups is 1. The van der Waals surface area contributed by atoms with Crippen LogP contribution in [0.4, 0.5) is 5.69 Å². The maximum atomic E-state index is 11.1. The molecule has 0 bridgehead atoms. The van der Waals surface area contributed by atoms with Gasteiger partial charge in [0.25, 0.3) is 0 Å². The van der Waals surface area contributed by atoms with Gasteiger partial charge < -0.3 is 19.5 Å². The van der Waals surface area contributed by atoms with Crippen molar-refractivity contribution >= 4 is 28.9 Å². The summed E-state index contributed by atoms with van der Waals surface area (Å²) < 4.78 is 11.1. The molecule has 0 aromatic heterocycles. The molecule has 108 valence electrons. The smallest absolute Gasteiger partial charge is 0.323 e. The van der Waals surface area contributed by atoms with Gasteiger partial charge in [0.05, 0.1) is 12.8 Å². The van der Waals surface area contributed by atoms with Gasteiger partial charge in [-0.3, -0.25) is 4.79 Å². The molecule has 0 saturated heterocycles. The Hall–Kier alpha value is -1.82. The number of rotatable bonds is 4. The maximum Gasteiger partial charge on any atom is 0.323 e. The number of carboxylic acid groups (broad SMARTS) is 1. The molecule has 0 fully saturated rings. The summed E-state index contributed by atoms with van der Waals surface area (Å²) in [7, 11) is 1.56. The molecule has 0 spiro atoms. The van der Waals surface area contributed by atoms with Crippen LogP contribution < -0.4 is 14.4 Å². The highest BCUT2D eigenvalue weighted by atomic mass is 32.1. The van der Waals surface area contributed by atoms with E-state index in [1.807, 2.05) is 13.8 Å². The highest BCUT2D eigenvalue weighted by molar-refractivity contribution is 7.80. The van der Waals surface area contributed by atoms with Crippen LogP contribution in [0.25, 0.3) is 0 Å². The minimum atomic E-state index is -0.939. The van der Waals surface area contributed by atoms with Crippen molar-refractivity contribution in [3.05, 3.63) is 18.2 Å². The fourth-order valence-corrected chi connectivity index (χ4v) is 2.60. The fourth-order valence-electron chi connectivity index (χ4n) is 2.11. The molecule has 1 heterocycles. The Kier molecular flexibility index (Phi) is 4.13. The molecule has 2 rings (SSSR count). The van der Waals surface area contributed by atoms with Crippen molar-refractivity contribution in [1.82, 2.24) is 0 Å². The van der Waals surface area contributed by atoms with Crippen molar-refractivity contribution in [2.45, 2.75) is 20.0 Å². The van der Waals surface area contributed by atoms with Crippen LogP contribution in [0.1, 0.15) is 13.8 Å². The molecule has 1 unspecified atom stereocenters. The number of aliphatic carboxylic acids is 1. The Morgan fingerprint density at radius 1 is 1.55 bits per heavy atom. The lowest BCUT2D eigenvalue weighted by molar-refractivity contribution is -0.135. The molecular weight excluding hydrogens is 278 g/mol. The van der Waals surface area contributed by atoms with E-state index < -0.39 is 5.97 Å². The van der Waals surface area contributed by atoms with Crippen LogP contribution in [0.5, 0.6) is 11.5 Å². The first kappa shape index (κ1) is 14.6. The number of benzene rings is 1. The molecule has 1 aliphatic rings. The van der Waals surface area contributed by atoms with Gasteiger partial charge in [-0.25, -0.2) is 0 Å². The Morgan fingerprint density at radius 3 is 2.80 bits per heavy atom. The van der Waals surface area contributed by atoms with Gasteiger partial charge in [0.2, 0.25) is 0 Å². The highest BCUT2D eigenvalue weighted by Crippen LogP contribution is 2.38. The summed E-state index contributed by atoms with van der Waals surface area (Å²) in [6.07, 6.45) is -0.301. The largest absolute Gasteiger partial charge is 0.497 e. The summed E-state index contributed by atoms with van der Waals surface area (Å²) in [5, 5.41) is 9.09. The third-order valence-electron chi connectivity index (χ3n) is 3.12. The van der Waals surface area contributed by atoms with E-state index in [-0.39, 0.29) is 18.6 Å². The zero-order chi connectivity index (χ0) is 14.9. The zero-order valence-electron chi connectivity index (χ0n) is 11.6. The number of hydrogen-bond acceptors (Lipinski definition) is 4. The van der Waals surface area contributed by atoms with Gasteiger partial charge in [-0.15, -0.1) is 0 Å². The third kappa shape index (κ3) is 2.70. The number of ether oxygens (including phenoxy) is 2. The summed E-state index contributed by atoms with van der Waals surface area (Å²) in [5.41, 5.74) is 0.633. The first-order chi connectivity index (χ1) is 9.43. The van der Waals surface area contributed by atoms with Gasteiger partial charge in [-0.05, 0) is 18.1 Å². The molecule has 0 radical (unpaired) electrons. The Balaban J connectivity index is 2.47. The topological polar surface area (TPSA) is 59.0 Å². The number of carboxylic acids is 1. The average molecular weight is 295 g/mol. The predicted octanol–water partition coefficient (Wildman–Crippen LogP) is 2.33. The van der Waals surface area contributed by atoms with Crippen LogP contribution in [0.3, 0.4) is 0 Å². The number of hydrogen-bond donors (Lipinski definition) is 1. The summed E-state index contributed by atoms with van der Waals surface area (Å²) in [6.45, 7) is 3.79.